The van der Waals surface area contributed by atoms with Crippen molar-refractivity contribution in [2.75, 3.05) is 13.1 Å². The van der Waals surface area contributed by atoms with Crippen LogP contribution < -0.4 is 10.6 Å². The van der Waals surface area contributed by atoms with Gasteiger partial charge >= 0.3 is 0 Å². The van der Waals surface area contributed by atoms with Crippen molar-refractivity contribution in [2.24, 2.45) is 5.41 Å². The largest absolute Gasteiger partial charge is 0.312 e. The van der Waals surface area contributed by atoms with Gasteiger partial charge in [0, 0.05) is 11.1 Å². The van der Waals surface area contributed by atoms with E-state index in [1.807, 2.05) is 0 Å². The molecule has 0 aromatic carbocycles. The van der Waals surface area contributed by atoms with Crippen molar-refractivity contribution in [3.63, 3.8) is 0 Å². The zero-order chi connectivity index (χ0) is 13.7. The molecule has 2 N–H and O–H groups in total. The smallest absolute Gasteiger partial charge is 0.0130 e. The van der Waals surface area contributed by atoms with E-state index >= 15 is 0 Å². The van der Waals surface area contributed by atoms with Gasteiger partial charge in [0.25, 0.3) is 0 Å². The van der Waals surface area contributed by atoms with Crippen LogP contribution in [0, 0.1) is 5.41 Å². The summed E-state index contributed by atoms with van der Waals surface area (Å²) in [5, 5.41) is 7.18. The lowest BCUT2D eigenvalue weighted by Crippen LogP contribution is -2.44. The molecule has 0 bridgehead atoms. The van der Waals surface area contributed by atoms with Crippen molar-refractivity contribution in [3.05, 3.63) is 0 Å². The minimum Gasteiger partial charge on any atom is -0.312 e. The summed E-state index contributed by atoms with van der Waals surface area (Å²) in [6.07, 6.45) is 2.39. The lowest BCUT2D eigenvalue weighted by Gasteiger charge is -2.33. The third-order valence-electron chi connectivity index (χ3n) is 2.58. The molecule has 2 heteroatoms. The van der Waals surface area contributed by atoms with E-state index in [1.165, 1.54) is 12.8 Å². The number of hydrogen-bond acceptors (Lipinski definition) is 2. The normalized spacial score (nSPS) is 14.1. The van der Waals surface area contributed by atoms with Gasteiger partial charge in [0.2, 0.25) is 0 Å². The Labute approximate surface area is 109 Å². The van der Waals surface area contributed by atoms with E-state index in [4.69, 9.17) is 0 Å². The molecule has 0 fully saturated rings. The molecule has 0 heterocycles. The topological polar surface area (TPSA) is 24.1 Å². The van der Waals surface area contributed by atoms with Crippen LogP contribution in [0.15, 0.2) is 0 Å². The minimum absolute atomic E-state index is 0.236. The lowest BCUT2D eigenvalue weighted by molar-refractivity contribution is 0.241. The highest BCUT2D eigenvalue weighted by Crippen LogP contribution is 2.26. The Bertz CT molecular complexity index is 206. The summed E-state index contributed by atoms with van der Waals surface area (Å²) in [5.41, 5.74) is 0.862. The van der Waals surface area contributed by atoms with E-state index in [2.05, 4.69) is 66.0 Å². The monoisotopic (exact) mass is 242 g/mol. The van der Waals surface area contributed by atoms with Gasteiger partial charge < -0.3 is 10.6 Å². The van der Waals surface area contributed by atoms with Gasteiger partial charge in [0.05, 0.1) is 0 Å². The number of nitrogens with one attached hydrogen (secondary N) is 2. The summed E-state index contributed by atoms with van der Waals surface area (Å²) in [6, 6.07) is 0. The molecule has 0 aromatic rings. The first-order chi connectivity index (χ1) is 7.41. The Balaban J connectivity index is 3.74. The molecule has 0 rings (SSSR count). The molecule has 0 aromatic heterocycles. The molecule has 0 aliphatic rings. The molecule has 2 nitrogen and oxygen atoms in total. The molecule has 17 heavy (non-hydrogen) atoms. The van der Waals surface area contributed by atoms with Crippen LogP contribution in [0.25, 0.3) is 0 Å². The lowest BCUT2D eigenvalue weighted by atomic mass is 9.82. The van der Waals surface area contributed by atoms with Crippen molar-refractivity contribution in [1.82, 2.24) is 10.6 Å². The zero-order valence-electron chi connectivity index (χ0n) is 13.3. The highest BCUT2D eigenvalue weighted by Gasteiger charge is 2.24. The maximum atomic E-state index is 3.66. The molecule has 0 aliphatic carbocycles. The molecule has 0 radical (unpaired) electrons. The molecular weight excluding hydrogens is 208 g/mol. The van der Waals surface area contributed by atoms with E-state index in [9.17, 15) is 0 Å². The molecule has 0 aliphatic heterocycles. The van der Waals surface area contributed by atoms with E-state index < -0.39 is 0 Å². The van der Waals surface area contributed by atoms with Crippen molar-refractivity contribution in [2.45, 2.75) is 79.3 Å². The molecule has 0 unspecified atom stereocenters. The third-order valence-corrected chi connectivity index (χ3v) is 2.58. The predicted octanol–water partition coefficient (Wildman–Crippen LogP) is 3.57. The van der Waals surface area contributed by atoms with Crippen LogP contribution in [0.3, 0.4) is 0 Å². The highest BCUT2D eigenvalue weighted by molar-refractivity contribution is 4.83. The summed E-state index contributed by atoms with van der Waals surface area (Å²) in [5.74, 6) is 0. The van der Waals surface area contributed by atoms with Crippen LogP contribution in [0.2, 0.25) is 0 Å². The fraction of sp³-hybridized carbons (Fsp3) is 1.00. The Morgan fingerprint density at radius 3 is 1.59 bits per heavy atom. The van der Waals surface area contributed by atoms with E-state index in [0.717, 1.165) is 13.1 Å². The molecular formula is C15H34N2. The summed E-state index contributed by atoms with van der Waals surface area (Å²) in [6.45, 7) is 20.3. The second-order valence-corrected chi connectivity index (χ2v) is 8.08. The van der Waals surface area contributed by atoms with Gasteiger partial charge in [-0.2, -0.15) is 0 Å². The van der Waals surface area contributed by atoms with Crippen molar-refractivity contribution in [1.29, 1.82) is 0 Å². The van der Waals surface area contributed by atoms with Crippen LogP contribution in [0.4, 0.5) is 0 Å². The maximum absolute atomic E-state index is 3.66. The van der Waals surface area contributed by atoms with Crippen molar-refractivity contribution >= 4 is 0 Å². The van der Waals surface area contributed by atoms with Crippen LogP contribution in [0.1, 0.15) is 68.2 Å². The zero-order valence-corrected chi connectivity index (χ0v) is 13.3. The average molecular weight is 242 g/mol. The Kier molecular flexibility index (Phi) is 6.16. The minimum atomic E-state index is 0.236. The quantitative estimate of drug-likeness (QED) is 0.696. The standard InChI is InChI=1S/C15H34N2/c1-13(2,3)12-15(7,8)17-11-9-10-16-14(4,5)6/h16-17H,9-12H2,1-8H3. The second kappa shape index (κ2) is 6.19. The number of hydrogen-bond donors (Lipinski definition) is 2. The van der Waals surface area contributed by atoms with Gasteiger partial charge in [-0.05, 0) is 66.0 Å². The summed E-state index contributed by atoms with van der Waals surface area (Å²) in [4.78, 5) is 0. The van der Waals surface area contributed by atoms with Gasteiger partial charge in [-0.3, -0.25) is 0 Å². The molecule has 0 spiro atoms. The maximum Gasteiger partial charge on any atom is 0.0130 e. The highest BCUT2D eigenvalue weighted by atomic mass is 15.0. The second-order valence-electron chi connectivity index (χ2n) is 8.08. The first kappa shape index (κ1) is 16.9. The van der Waals surface area contributed by atoms with Gasteiger partial charge in [-0.15, -0.1) is 0 Å². The average Bonchev–Trinajstić information content (AvgIpc) is 1.95. The summed E-state index contributed by atoms with van der Waals surface area (Å²) >= 11 is 0. The Morgan fingerprint density at radius 1 is 0.706 bits per heavy atom. The van der Waals surface area contributed by atoms with Crippen molar-refractivity contribution in [3.8, 4) is 0 Å². The van der Waals surface area contributed by atoms with Gasteiger partial charge in [0.1, 0.15) is 0 Å². The van der Waals surface area contributed by atoms with Gasteiger partial charge in [-0.25, -0.2) is 0 Å². The van der Waals surface area contributed by atoms with Gasteiger partial charge in [-0.1, -0.05) is 20.8 Å². The van der Waals surface area contributed by atoms with Crippen LogP contribution in [-0.2, 0) is 0 Å². The van der Waals surface area contributed by atoms with Crippen molar-refractivity contribution < 1.29 is 0 Å². The molecule has 0 saturated heterocycles. The fourth-order valence-corrected chi connectivity index (χ4v) is 2.37. The first-order valence-corrected chi connectivity index (χ1v) is 6.91. The van der Waals surface area contributed by atoms with Crippen LogP contribution >= 0.6 is 0 Å². The Hall–Kier alpha value is -0.0800. The Morgan fingerprint density at radius 2 is 1.18 bits per heavy atom. The van der Waals surface area contributed by atoms with Crippen LogP contribution in [-0.4, -0.2) is 24.2 Å². The van der Waals surface area contributed by atoms with Gasteiger partial charge in [0.15, 0.2) is 0 Å². The SMILES string of the molecule is CC(C)(C)CC(C)(C)NCCCNC(C)(C)C. The first-order valence-electron chi connectivity index (χ1n) is 6.91. The summed E-state index contributed by atoms with van der Waals surface area (Å²) < 4.78 is 0. The molecule has 0 saturated carbocycles. The number of rotatable bonds is 6. The molecule has 0 atom stereocenters. The van der Waals surface area contributed by atoms with E-state index in [0.29, 0.717) is 5.41 Å². The third kappa shape index (κ3) is 12.2. The summed E-state index contributed by atoms with van der Waals surface area (Å²) in [7, 11) is 0. The van der Waals surface area contributed by atoms with Crippen LogP contribution in [0.5, 0.6) is 0 Å². The molecule has 0 amide bonds. The molecule has 104 valence electrons. The van der Waals surface area contributed by atoms with E-state index in [1.54, 1.807) is 0 Å². The predicted molar refractivity (Wildman–Crippen MR) is 78.5 cm³/mol. The van der Waals surface area contributed by atoms with E-state index in [-0.39, 0.29) is 11.1 Å². The fourth-order valence-electron chi connectivity index (χ4n) is 2.37.